The maximum Gasteiger partial charge on any atom is 0.228 e. The van der Waals surface area contributed by atoms with E-state index in [1.54, 1.807) is 6.07 Å². The monoisotopic (exact) mass is 273 g/mol. The van der Waals surface area contributed by atoms with Crippen molar-refractivity contribution in [1.82, 2.24) is 0 Å². The van der Waals surface area contributed by atoms with Crippen LogP contribution in [-0.2, 0) is 11.2 Å². The summed E-state index contributed by atoms with van der Waals surface area (Å²) >= 11 is 0. The number of carbonyl (C=O) groups excluding carboxylic acids is 2. The summed E-state index contributed by atoms with van der Waals surface area (Å²) in [6, 6.07) is 8.07. The summed E-state index contributed by atoms with van der Waals surface area (Å²) < 4.78 is 26.8. The Kier molecular flexibility index (Phi) is 2.82. The van der Waals surface area contributed by atoms with Crippen LogP contribution in [0.15, 0.2) is 36.4 Å². The van der Waals surface area contributed by atoms with Crippen LogP contribution < -0.4 is 5.32 Å². The number of nitrogens with one attached hydrogen (secondary N) is 1. The van der Waals surface area contributed by atoms with Crippen molar-refractivity contribution in [1.29, 1.82) is 0 Å². The van der Waals surface area contributed by atoms with Crippen LogP contribution >= 0.6 is 0 Å². The Morgan fingerprint density at radius 2 is 1.95 bits per heavy atom. The second kappa shape index (κ2) is 4.52. The maximum absolute atomic E-state index is 13.6. The normalized spacial score (nSPS) is 13.0. The van der Waals surface area contributed by atoms with E-state index in [-0.39, 0.29) is 23.5 Å². The van der Waals surface area contributed by atoms with Crippen molar-refractivity contribution in [2.75, 3.05) is 5.32 Å². The third kappa shape index (κ3) is 1.97. The zero-order chi connectivity index (χ0) is 14.3. The molecule has 20 heavy (non-hydrogen) atoms. The zero-order valence-electron chi connectivity index (χ0n) is 10.2. The van der Waals surface area contributed by atoms with E-state index in [0.29, 0.717) is 11.3 Å². The van der Waals surface area contributed by atoms with Crippen molar-refractivity contribution >= 4 is 17.4 Å². The predicted octanol–water partition coefficient (Wildman–Crippen LogP) is 2.69. The van der Waals surface area contributed by atoms with Gasteiger partial charge in [0.1, 0.15) is 0 Å². The number of halogens is 2. The molecule has 0 fully saturated rings. The standard InChI is InChI=1S/C15H9F2NO2/c16-11-3-1-2-10(14(11)17)15(20)8-4-5-12-9(6-8)7-13(19)18-12/h1-6H,7H2,(H,18,19). The molecule has 0 aromatic heterocycles. The summed E-state index contributed by atoms with van der Waals surface area (Å²) in [5, 5.41) is 2.64. The van der Waals surface area contributed by atoms with Gasteiger partial charge >= 0.3 is 0 Å². The van der Waals surface area contributed by atoms with Gasteiger partial charge < -0.3 is 5.32 Å². The molecule has 2 aromatic rings. The second-order valence-electron chi connectivity index (χ2n) is 4.53. The third-order valence-electron chi connectivity index (χ3n) is 3.19. The van der Waals surface area contributed by atoms with E-state index in [2.05, 4.69) is 5.32 Å². The summed E-state index contributed by atoms with van der Waals surface area (Å²) in [6.07, 6.45) is 0.183. The third-order valence-corrected chi connectivity index (χ3v) is 3.19. The van der Waals surface area contributed by atoms with Gasteiger partial charge in [-0.2, -0.15) is 0 Å². The van der Waals surface area contributed by atoms with Crippen LogP contribution in [-0.4, -0.2) is 11.7 Å². The van der Waals surface area contributed by atoms with Crippen LogP contribution in [0.2, 0.25) is 0 Å². The van der Waals surface area contributed by atoms with Crippen molar-refractivity contribution in [3.05, 3.63) is 64.7 Å². The molecular formula is C15H9F2NO2. The molecule has 1 amide bonds. The van der Waals surface area contributed by atoms with Crippen LogP contribution in [0.25, 0.3) is 0 Å². The molecule has 1 N–H and O–H groups in total. The molecule has 0 spiro atoms. The van der Waals surface area contributed by atoms with E-state index in [1.165, 1.54) is 24.3 Å². The van der Waals surface area contributed by atoms with E-state index >= 15 is 0 Å². The molecule has 5 heteroatoms. The fourth-order valence-corrected chi connectivity index (χ4v) is 2.21. The smallest absolute Gasteiger partial charge is 0.228 e. The molecule has 0 unspecified atom stereocenters. The molecule has 1 heterocycles. The molecule has 0 radical (unpaired) electrons. The highest BCUT2D eigenvalue weighted by atomic mass is 19.2. The van der Waals surface area contributed by atoms with Crippen LogP contribution in [0, 0.1) is 11.6 Å². The first-order valence-electron chi connectivity index (χ1n) is 5.98. The average Bonchev–Trinajstić information content (AvgIpc) is 2.80. The number of fused-ring (bicyclic) bond motifs is 1. The number of anilines is 1. The number of carbonyl (C=O) groups is 2. The molecule has 1 aliphatic rings. The van der Waals surface area contributed by atoms with Gasteiger partial charge in [-0.05, 0) is 35.9 Å². The first-order valence-corrected chi connectivity index (χ1v) is 5.98. The number of benzene rings is 2. The minimum Gasteiger partial charge on any atom is -0.326 e. The highest BCUT2D eigenvalue weighted by molar-refractivity contribution is 6.10. The average molecular weight is 273 g/mol. The first kappa shape index (κ1) is 12.5. The molecule has 0 aliphatic carbocycles. The Labute approximate surface area is 113 Å². The lowest BCUT2D eigenvalue weighted by Crippen LogP contribution is -2.06. The molecule has 0 saturated carbocycles. The Hall–Kier alpha value is -2.56. The number of rotatable bonds is 2. The fraction of sp³-hybridized carbons (Fsp3) is 0.0667. The Morgan fingerprint density at radius 3 is 2.75 bits per heavy atom. The molecule has 3 nitrogen and oxygen atoms in total. The minimum atomic E-state index is -1.16. The van der Waals surface area contributed by atoms with Crippen LogP contribution in [0.4, 0.5) is 14.5 Å². The van der Waals surface area contributed by atoms with Gasteiger partial charge in [-0.3, -0.25) is 9.59 Å². The summed E-state index contributed by atoms with van der Waals surface area (Å²) in [7, 11) is 0. The van der Waals surface area contributed by atoms with E-state index < -0.39 is 17.4 Å². The predicted molar refractivity (Wildman–Crippen MR) is 68.6 cm³/mol. The van der Waals surface area contributed by atoms with Gasteiger partial charge in [-0.1, -0.05) is 6.07 Å². The SMILES string of the molecule is O=C1Cc2cc(C(=O)c3cccc(F)c3F)ccc2N1. The molecule has 0 atom stereocenters. The van der Waals surface area contributed by atoms with Crippen molar-refractivity contribution < 1.29 is 18.4 Å². The lowest BCUT2D eigenvalue weighted by Gasteiger charge is -2.05. The molecule has 3 rings (SSSR count). The summed E-state index contributed by atoms with van der Waals surface area (Å²) in [5.41, 5.74) is 1.23. The van der Waals surface area contributed by atoms with Crippen LogP contribution in [0.1, 0.15) is 21.5 Å². The quantitative estimate of drug-likeness (QED) is 0.855. The van der Waals surface area contributed by atoms with E-state index in [9.17, 15) is 18.4 Å². The van der Waals surface area contributed by atoms with Gasteiger partial charge in [0.25, 0.3) is 0 Å². The number of ketones is 1. The second-order valence-corrected chi connectivity index (χ2v) is 4.53. The largest absolute Gasteiger partial charge is 0.326 e. The van der Waals surface area contributed by atoms with E-state index in [1.807, 2.05) is 0 Å². The minimum absolute atomic E-state index is 0.151. The van der Waals surface area contributed by atoms with Gasteiger partial charge in [-0.15, -0.1) is 0 Å². The molecule has 2 aromatic carbocycles. The van der Waals surface area contributed by atoms with Crippen molar-refractivity contribution in [2.45, 2.75) is 6.42 Å². The van der Waals surface area contributed by atoms with Gasteiger partial charge in [0.15, 0.2) is 17.4 Å². The first-order chi connectivity index (χ1) is 9.56. The number of hydrogen-bond acceptors (Lipinski definition) is 2. The van der Waals surface area contributed by atoms with Crippen LogP contribution in [0.3, 0.4) is 0 Å². The summed E-state index contributed by atoms with van der Waals surface area (Å²) in [6.45, 7) is 0. The van der Waals surface area contributed by atoms with Gasteiger partial charge in [0, 0.05) is 11.3 Å². The highest BCUT2D eigenvalue weighted by Gasteiger charge is 2.21. The van der Waals surface area contributed by atoms with E-state index in [0.717, 1.165) is 6.07 Å². The maximum atomic E-state index is 13.6. The van der Waals surface area contributed by atoms with E-state index in [4.69, 9.17) is 0 Å². The topological polar surface area (TPSA) is 46.2 Å². The Morgan fingerprint density at radius 1 is 1.15 bits per heavy atom. The van der Waals surface area contributed by atoms with Crippen molar-refractivity contribution in [2.24, 2.45) is 0 Å². The van der Waals surface area contributed by atoms with Crippen molar-refractivity contribution in [3.63, 3.8) is 0 Å². The Bertz CT molecular complexity index is 741. The Balaban J connectivity index is 2.02. The number of hydrogen-bond donors (Lipinski definition) is 1. The molecule has 0 bridgehead atoms. The number of amides is 1. The summed E-state index contributed by atoms with van der Waals surface area (Å²) in [4.78, 5) is 23.4. The zero-order valence-corrected chi connectivity index (χ0v) is 10.2. The molecular weight excluding hydrogens is 264 g/mol. The molecule has 1 aliphatic heterocycles. The lowest BCUT2D eigenvalue weighted by atomic mass is 10.00. The van der Waals surface area contributed by atoms with Gasteiger partial charge in [-0.25, -0.2) is 8.78 Å². The molecule has 0 saturated heterocycles. The lowest BCUT2D eigenvalue weighted by molar-refractivity contribution is -0.115. The van der Waals surface area contributed by atoms with Gasteiger partial charge in [0.2, 0.25) is 5.91 Å². The summed E-state index contributed by atoms with van der Waals surface area (Å²) in [5.74, 6) is -2.98. The van der Waals surface area contributed by atoms with Crippen molar-refractivity contribution in [3.8, 4) is 0 Å². The van der Waals surface area contributed by atoms with Crippen LogP contribution in [0.5, 0.6) is 0 Å². The van der Waals surface area contributed by atoms with Gasteiger partial charge in [0.05, 0.1) is 12.0 Å². The highest BCUT2D eigenvalue weighted by Crippen LogP contribution is 2.25. The fourth-order valence-electron chi connectivity index (χ4n) is 2.21. The molecule has 100 valence electrons.